The minimum absolute atomic E-state index is 0. The van der Waals surface area contributed by atoms with Crippen molar-refractivity contribution >= 4 is 45.2 Å². The van der Waals surface area contributed by atoms with Crippen LogP contribution in [0, 0.1) is 11.8 Å². The number of alkyl halides is 22. The Morgan fingerprint density at radius 2 is 0.810 bits per heavy atom. The van der Waals surface area contributed by atoms with Crippen LogP contribution < -0.4 is 0 Å². The van der Waals surface area contributed by atoms with Gasteiger partial charge in [-0.2, -0.15) is 105 Å². The Balaban J connectivity index is -0.000000111. The van der Waals surface area contributed by atoms with Gasteiger partial charge in [0, 0.05) is 13.9 Å². The van der Waals surface area contributed by atoms with Crippen LogP contribution in [-0.4, -0.2) is 44.9 Å². The van der Waals surface area contributed by atoms with Gasteiger partial charge in [0.1, 0.15) is 0 Å². The Labute approximate surface area is 247 Å². The average Bonchev–Trinajstić information content (AvgIpc) is 2.58. The fraction of sp³-hybridized carbons (Fsp3) is 0.750. The van der Waals surface area contributed by atoms with E-state index in [1.165, 1.54) is 0 Å². The number of rotatable bonds is 3. The second-order valence-electron chi connectivity index (χ2n) is 6.26. The van der Waals surface area contributed by atoms with E-state index in [9.17, 15) is 105 Å². The van der Waals surface area contributed by atoms with Crippen molar-refractivity contribution in [3.63, 3.8) is 0 Å². The van der Waals surface area contributed by atoms with Gasteiger partial charge in [0.25, 0.3) is 16.1 Å². The number of allylic oxidation sites excluding steroid dienone is 1. The second kappa shape index (κ2) is 18.3. The van der Waals surface area contributed by atoms with E-state index in [2.05, 4.69) is 6.58 Å². The lowest BCUT2D eigenvalue weighted by Crippen LogP contribution is -2.39. The molecule has 0 aliphatic carbocycles. The smallest absolute Gasteiger partial charge is 0.195 e. The Morgan fingerprint density at radius 1 is 0.571 bits per heavy atom. The first-order valence-electron chi connectivity index (χ1n) is 8.41. The second-order valence-corrected chi connectivity index (χ2v) is 9.08. The molecule has 0 aliphatic heterocycles. The lowest BCUT2D eigenvalue weighted by atomic mass is 10.1. The van der Waals surface area contributed by atoms with Crippen molar-refractivity contribution in [3.05, 3.63) is 24.8 Å². The van der Waals surface area contributed by atoms with E-state index in [-0.39, 0.29) is 31.4 Å². The van der Waals surface area contributed by atoms with Crippen molar-refractivity contribution < 1.29 is 107 Å². The standard InChI is InChI=1S/C5H3F8I.C5H2F8.C3HF6I.C2H2F2.CH4.H2/c6-3(7,14)1-2(4(8,9)10)5(11,12)13;6-3(7)1-2(4(8,9)10)5(11,12)13;4-2(5,6)1(10)3(7,8)9;1-2(3)4;;/h2H,1H2;1-2H;1H;1H2;1H4;1H/i;;;;;1+1. The normalized spacial score (nSPS) is 13.2. The van der Waals surface area contributed by atoms with E-state index in [1.54, 1.807) is 0 Å². The third-order valence-corrected chi connectivity index (χ3v) is 4.65. The summed E-state index contributed by atoms with van der Waals surface area (Å²) in [5.41, 5.74) is 0. The monoisotopic (exact) mass is 917 g/mol. The van der Waals surface area contributed by atoms with Gasteiger partial charge in [-0.3, -0.25) is 0 Å². The summed E-state index contributed by atoms with van der Waals surface area (Å²) in [5.74, 6) is -8.09. The van der Waals surface area contributed by atoms with Gasteiger partial charge in [-0.1, -0.05) is 30.0 Å². The molecule has 0 amide bonds. The van der Waals surface area contributed by atoms with Gasteiger partial charge in [-0.25, -0.2) is 0 Å². The van der Waals surface area contributed by atoms with Gasteiger partial charge >= 0.3 is 37.1 Å². The SMILES string of the molecule is C.C=C(F)F.FC(F)(F)C(I)C(F)(F)F.FC(F)(I)CC(C(F)(F)F)C(F)(F)F.FC(F)=CC(C(F)(F)F)C(F)(F)F.[2HH]. The molecule has 0 saturated heterocycles. The van der Waals surface area contributed by atoms with Crippen LogP contribution in [0.3, 0.4) is 0 Å². The summed E-state index contributed by atoms with van der Waals surface area (Å²) in [7, 11) is 0. The summed E-state index contributed by atoms with van der Waals surface area (Å²) in [5, 5.41) is 0. The molecule has 0 heterocycles. The fourth-order valence-electron chi connectivity index (χ4n) is 1.33. The molecule has 0 aromatic rings. The van der Waals surface area contributed by atoms with Crippen LogP contribution in [0.1, 0.15) is 15.3 Å². The van der Waals surface area contributed by atoms with Gasteiger partial charge < -0.3 is 0 Å². The summed E-state index contributed by atoms with van der Waals surface area (Å²) in [6.07, 6.45) is -41.6. The molecule has 42 heavy (non-hydrogen) atoms. The molecule has 0 fully saturated rings. The average molecular weight is 917 g/mol. The first-order chi connectivity index (χ1) is 17.3. The first kappa shape index (κ1) is 50.9. The lowest BCUT2D eigenvalue weighted by Gasteiger charge is -2.24. The highest BCUT2D eigenvalue weighted by Gasteiger charge is 2.59. The zero-order chi connectivity index (χ0) is 34.8. The summed E-state index contributed by atoms with van der Waals surface area (Å²) in [6.45, 7) is 2.22. The van der Waals surface area contributed by atoms with Crippen molar-refractivity contribution in [1.82, 2.24) is 0 Å². The highest BCUT2D eigenvalue weighted by Crippen LogP contribution is 2.46. The number of hydrogen-bond donors (Lipinski definition) is 0. The lowest BCUT2D eigenvalue weighted by molar-refractivity contribution is -0.292. The Bertz CT molecular complexity index is 729. The molecule has 0 unspecified atom stereocenters. The van der Waals surface area contributed by atoms with E-state index in [1.807, 2.05) is 0 Å². The van der Waals surface area contributed by atoms with Gasteiger partial charge in [-0.05, 0) is 29.2 Å². The van der Waals surface area contributed by atoms with E-state index < -0.39 is 81.4 Å². The topological polar surface area (TPSA) is 0 Å². The first-order valence-corrected chi connectivity index (χ1v) is 10.7. The molecule has 0 aromatic carbocycles. The zero-order valence-electron chi connectivity index (χ0n) is 18.1. The molecule has 0 saturated carbocycles. The van der Waals surface area contributed by atoms with Crippen LogP contribution >= 0.6 is 45.2 Å². The fourth-order valence-corrected chi connectivity index (χ4v) is 1.78. The van der Waals surface area contributed by atoms with Crippen molar-refractivity contribution in [3.8, 4) is 0 Å². The van der Waals surface area contributed by atoms with Crippen LogP contribution in [0.15, 0.2) is 24.8 Å². The van der Waals surface area contributed by atoms with Crippen molar-refractivity contribution in [1.29, 1.82) is 0 Å². The van der Waals surface area contributed by atoms with Gasteiger partial charge in [0.15, 0.2) is 11.8 Å². The Morgan fingerprint density at radius 3 is 0.857 bits per heavy atom. The summed E-state index contributed by atoms with van der Waals surface area (Å²) in [6, 6.07) is 0. The molecule has 0 nitrogen and oxygen atoms in total. The highest BCUT2D eigenvalue weighted by atomic mass is 127. The minimum Gasteiger partial charge on any atom is -0.195 e. The third-order valence-electron chi connectivity index (χ3n) is 2.80. The highest BCUT2D eigenvalue weighted by molar-refractivity contribution is 14.1. The molecule has 0 bridgehead atoms. The third kappa shape index (κ3) is 29.3. The Hall–Kier alpha value is -0.740. The molecule has 26 heteroatoms. The molecular formula is C16H14F24I2. The molecule has 0 atom stereocenters. The maximum absolute atomic E-state index is 12.0. The molecule has 0 N–H and O–H groups in total. The van der Waals surface area contributed by atoms with Gasteiger partial charge in [0.05, 0.1) is 0 Å². The van der Waals surface area contributed by atoms with Crippen LogP contribution in [0.2, 0.25) is 0 Å². The Kier molecular flexibility index (Phi) is 22.1. The molecule has 0 spiro atoms. The van der Waals surface area contributed by atoms with E-state index in [0.29, 0.717) is 22.6 Å². The van der Waals surface area contributed by atoms with Crippen LogP contribution in [0.4, 0.5) is 105 Å². The van der Waals surface area contributed by atoms with Crippen LogP contribution in [0.25, 0.3) is 0 Å². The van der Waals surface area contributed by atoms with E-state index in [0.717, 1.165) is 0 Å². The molecule has 0 aliphatic rings. The van der Waals surface area contributed by atoms with Crippen molar-refractivity contribution in [2.24, 2.45) is 11.8 Å². The summed E-state index contributed by atoms with van der Waals surface area (Å²) < 4.78 is 266. The molecule has 0 radical (unpaired) electrons. The zero-order valence-corrected chi connectivity index (χ0v) is 22.4. The quantitative estimate of drug-likeness (QED) is 0.150. The van der Waals surface area contributed by atoms with E-state index >= 15 is 0 Å². The summed E-state index contributed by atoms with van der Waals surface area (Å²) in [4.78, 5) is 0. The maximum Gasteiger partial charge on any atom is 0.409 e. The molecule has 0 aromatic heterocycles. The van der Waals surface area contributed by atoms with Crippen molar-refractivity contribution in [2.45, 2.75) is 58.8 Å². The van der Waals surface area contributed by atoms with Crippen molar-refractivity contribution in [2.75, 3.05) is 0 Å². The number of halogens is 26. The van der Waals surface area contributed by atoms with Crippen LogP contribution in [0.5, 0.6) is 0 Å². The van der Waals surface area contributed by atoms with Gasteiger partial charge in [0.2, 0.25) is 3.92 Å². The largest absolute Gasteiger partial charge is 0.409 e. The maximum atomic E-state index is 12.0. The summed E-state index contributed by atoms with van der Waals surface area (Å²) >= 11 is 0.543. The predicted octanol–water partition coefficient (Wildman–Crippen LogP) is 12.8. The molecule has 260 valence electrons. The minimum atomic E-state index is -5.75. The van der Waals surface area contributed by atoms with Crippen LogP contribution in [-0.2, 0) is 0 Å². The van der Waals surface area contributed by atoms with E-state index in [4.69, 9.17) is 0 Å². The molecular weight excluding hydrogens is 902 g/mol. The van der Waals surface area contributed by atoms with Gasteiger partial charge in [-0.15, -0.1) is 0 Å². The number of hydrogen-bond acceptors (Lipinski definition) is 0. The molecule has 0 rings (SSSR count). The predicted molar refractivity (Wildman–Crippen MR) is 115 cm³/mol.